The summed E-state index contributed by atoms with van der Waals surface area (Å²) in [6.07, 6.45) is 38.7. The lowest BCUT2D eigenvalue weighted by atomic mass is 9.89. The average Bonchev–Trinajstić information content (AvgIpc) is 2.79. The van der Waals surface area contributed by atoms with E-state index in [1.54, 1.807) is 0 Å². The highest BCUT2D eigenvalue weighted by Gasteiger charge is 2.09. The summed E-state index contributed by atoms with van der Waals surface area (Å²) in [6.45, 7) is 8.74. The van der Waals surface area contributed by atoms with Gasteiger partial charge < -0.3 is 5.11 Å². The third-order valence-corrected chi connectivity index (χ3v) is 5.46. The van der Waals surface area contributed by atoms with Gasteiger partial charge in [-0.05, 0) is 59.3 Å². The van der Waals surface area contributed by atoms with E-state index >= 15 is 0 Å². The monoisotopic (exact) mass is 432 g/mol. The highest BCUT2D eigenvalue weighted by Crippen LogP contribution is 2.24. The van der Waals surface area contributed by atoms with E-state index in [-0.39, 0.29) is 6.61 Å². The Balaban J connectivity index is 2.44. The van der Waals surface area contributed by atoms with Gasteiger partial charge in [-0.15, -0.1) is 0 Å². The zero-order valence-electron chi connectivity index (χ0n) is 20.8. The van der Waals surface area contributed by atoms with Crippen molar-refractivity contribution in [2.24, 2.45) is 5.92 Å². The Morgan fingerprint density at radius 1 is 0.656 bits per heavy atom. The van der Waals surface area contributed by atoms with Crippen LogP contribution in [0.1, 0.15) is 72.6 Å². The Morgan fingerprint density at radius 3 is 1.72 bits per heavy atom. The SMILES string of the molecule is CC(/C=C/C=C(C)/C=C/CCCO)=C\C=C\C=C(C)\C=C\C=C(C)\C=C\C1CCCCC1. The average molecular weight is 433 g/mol. The first-order valence-electron chi connectivity index (χ1n) is 12.2. The lowest BCUT2D eigenvalue weighted by molar-refractivity contribution is 0.289. The van der Waals surface area contributed by atoms with Gasteiger partial charge >= 0.3 is 0 Å². The maximum atomic E-state index is 8.78. The molecule has 0 bridgehead atoms. The minimum absolute atomic E-state index is 0.254. The van der Waals surface area contributed by atoms with Crippen molar-refractivity contribution < 1.29 is 5.11 Å². The molecule has 1 aliphatic rings. The number of aliphatic hydroxyl groups is 1. The minimum Gasteiger partial charge on any atom is -0.396 e. The van der Waals surface area contributed by atoms with E-state index < -0.39 is 0 Å². The highest BCUT2D eigenvalue weighted by molar-refractivity contribution is 5.31. The van der Waals surface area contributed by atoms with Crippen molar-refractivity contribution in [1.29, 1.82) is 0 Å². The Bertz CT molecular complexity index is 784. The third kappa shape index (κ3) is 15.4. The molecule has 0 spiro atoms. The van der Waals surface area contributed by atoms with E-state index in [1.807, 2.05) is 0 Å². The molecular weight excluding hydrogens is 388 g/mol. The molecule has 0 aromatic carbocycles. The molecule has 1 aliphatic carbocycles. The summed E-state index contributed by atoms with van der Waals surface area (Å²) >= 11 is 0. The maximum absolute atomic E-state index is 8.78. The lowest BCUT2D eigenvalue weighted by Crippen LogP contribution is -2.02. The van der Waals surface area contributed by atoms with Crippen molar-refractivity contribution in [1.82, 2.24) is 0 Å². The fourth-order valence-electron chi connectivity index (χ4n) is 3.43. The summed E-state index contributed by atoms with van der Waals surface area (Å²) in [5.74, 6) is 0.786. The number of hydrogen-bond donors (Lipinski definition) is 1. The van der Waals surface area contributed by atoms with Crippen LogP contribution >= 0.6 is 0 Å². The van der Waals surface area contributed by atoms with Crippen LogP contribution in [0.25, 0.3) is 0 Å². The zero-order chi connectivity index (χ0) is 23.4. The van der Waals surface area contributed by atoms with Crippen molar-refractivity contribution in [3.05, 3.63) is 107 Å². The summed E-state index contributed by atoms with van der Waals surface area (Å²) in [7, 11) is 0. The molecule has 0 aromatic heterocycles. The van der Waals surface area contributed by atoms with Gasteiger partial charge in [0.25, 0.3) is 0 Å². The van der Waals surface area contributed by atoms with Crippen molar-refractivity contribution in [3.8, 4) is 0 Å². The van der Waals surface area contributed by atoms with Crippen molar-refractivity contribution in [3.63, 3.8) is 0 Å². The molecule has 1 N–H and O–H groups in total. The fourth-order valence-corrected chi connectivity index (χ4v) is 3.43. The van der Waals surface area contributed by atoms with Gasteiger partial charge in [-0.25, -0.2) is 0 Å². The fraction of sp³-hybridized carbons (Fsp3) is 0.419. The van der Waals surface area contributed by atoms with Crippen molar-refractivity contribution in [2.75, 3.05) is 6.61 Å². The summed E-state index contributed by atoms with van der Waals surface area (Å²) in [5, 5.41) is 8.78. The van der Waals surface area contributed by atoms with Gasteiger partial charge in [-0.1, -0.05) is 127 Å². The van der Waals surface area contributed by atoms with Crippen LogP contribution in [0.15, 0.2) is 107 Å². The number of rotatable bonds is 12. The van der Waals surface area contributed by atoms with E-state index in [4.69, 9.17) is 5.11 Å². The van der Waals surface area contributed by atoms with Crippen LogP contribution in [0, 0.1) is 5.92 Å². The lowest BCUT2D eigenvalue weighted by Gasteiger charge is -2.17. The molecule has 1 heteroatoms. The van der Waals surface area contributed by atoms with Gasteiger partial charge in [0.1, 0.15) is 0 Å². The number of hydrogen-bond acceptors (Lipinski definition) is 1. The summed E-state index contributed by atoms with van der Waals surface area (Å²) in [5.41, 5.74) is 4.96. The van der Waals surface area contributed by atoms with Crippen LogP contribution in [0.2, 0.25) is 0 Å². The Morgan fingerprint density at radius 2 is 1.16 bits per heavy atom. The predicted molar refractivity (Wildman–Crippen MR) is 144 cm³/mol. The molecule has 1 rings (SSSR count). The molecule has 0 heterocycles. The van der Waals surface area contributed by atoms with Gasteiger partial charge in [0, 0.05) is 6.61 Å². The second-order valence-corrected chi connectivity index (χ2v) is 8.77. The Hall–Kier alpha value is -2.38. The molecule has 1 nitrogen and oxygen atoms in total. The molecule has 0 aromatic rings. The first kappa shape index (κ1) is 27.7. The zero-order valence-corrected chi connectivity index (χ0v) is 20.8. The minimum atomic E-state index is 0.254. The first-order valence-corrected chi connectivity index (χ1v) is 12.2. The molecular formula is C31H44O. The van der Waals surface area contributed by atoms with Crippen LogP contribution in [0.4, 0.5) is 0 Å². The van der Waals surface area contributed by atoms with Crippen molar-refractivity contribution in [2.45, 2.75) is 72.6 Å². The third-order valence-electron chi connectivity index (χ3n) is 5.46. The van der Waals surface area contributed by atoms with Crippen LogP contribution in [0.3, 0.4) is 0 Å². The van der Waals surface area contributed by atoms with Gasteiger partial charge in [0.2, 0.25) is 0 Å². The molecule has 0 unspecified atom stereocenters. The standard InChI is InChI=1S/C31H44O/c1-27(15-7-6-12-26-32)18-13-19-28(2)16-10-11-17-29(3)20-14-21-30(4)24-25-31-22-8-5-9-23-31/h7,10-11,13-21,24-25,31-32H,5-6,8-9,12,22-23,26H2,1-4H3/b11-10+,15-7+,19-13+,20-14+,25-24+,27-18+,28-16+,29-17+,30-21+. The molecule has 1 fully saturated rings. The first-order chi connectivity index (χ1) is 15.5. The van der Waals surface area contributed by atoms with Gasteiger partial charge in [0.05, 0.1) is 0 Å². The van der Waals surface area contributed by atoms with E-state index in [0.29, 0.717) is 0 Å². The molecule has 1 saturated carbocycles. The second-order valence-electron chi connectivity index (χ2n) is 8.77. The number of aliphatic hydroxyl groups excluding tert-OH is 1. The quantitative estimate of drug-likeness (QED) is 0.241. The van der Waals surface area contributed by atoms with E-state index in [2.05, 4.69) is 113 Å². The highest BCUT2D eigenvalue weighted by atomic mass is 16.2. The maximum Gasteiger partial charge on any atom is 0.0433 e. The van der Waals surface area contributed by atoms with Crippen LogP contribution in [0.5, 0.6) is 0 Å². The number of allylic oxidation sites excluding steroid dienone is 18. The van der Waals surface area contributed by atoms with Gasteiger partial charge in [0.15, 0.2) is 0 Å². The number of unbranched alkanes of at least 4 members (excludes halogenated alkanes) is 1. The molecule has 174 valence electrons. The topological polar surface area (TPSA) is 20.2 Å². The molecule has 0 aliphatic heterocycles. The molecule has 0 radical (unpaired) electrons. The molecule has 0 amide bonds. The van der Waals surface area contributed by atoms with E-state index in [9.17, 15) is 0 Å². The smallest absolute Gasteiger partial charge is 0.0433 e. The van der Waals surface area contributed by atoms with E-state index in [1.165, 1.54) is 54.4 Å². The second kappa shape index (κ2) is 18.2. The molecule has 32 heavy (non-hydrogen) atoms. The summed E-state index contributed by atoms with van der Waals surface area (Å²) < 4.78 is 0. The largest absolute Gasteiger partial charge is 0.396 e. The molecule has 0 atom stereocenters. The van der Waals surface area contributed by atoms with Crippen LogP contribution in [-0.2, 0) is 0 Å². The van der Waals surface area contributed by atoms with Gasteiger partial charge in [-0.2, -0.15) is 0 Å². The van der Waals surface area contributed by atoms with Crippen LogP contribution in [-0.4, -0.2) is 11.7 Å². The van der Waals surface area contributed by atoms with Crippen LogP contribution < -0.4 is 0 Å². The Labute approximate surface area is 197 Å². The van der Waals surface area contributed by atoms with E-state index in [0.717, 1.165) is 18.8 Å². The van der Waals surface area contributed by atoms with Gasteiger partial charge in [-0.3, -0.25) is 0 Å². The summed E-state index contributed by atoms with van der Waals surface area (Å²) in [4.78, 5) is 0. The predicted octanol–water partition coefficient (Wildman–Crippen LogP) is 8.91. The molecule has 0 saturated heterocycles. The summed E-state index contributed by atoms with van der Waals surface area (Å²) in [6, 6.07) is 0. The normalized spacial score (nSPS) is 18.5. The Kier molecular flexibility index (Phi) is 15.7. The van der Waals surface area contributed by atoms with Crippen molar-refractivity contribution >= 4 is 0 Å².